The van der Waals surface area contributed by atoms with E-state index < -0.39 is 0 Å². The van der Waals surface area contributed by atoms with Gasteiger partial charge >= 0.3 is 0 Å². The molecule has 0 saturated carbocycles. The summed E-state index contributed by atoms with van der Waals surface area (Å²) in [5, 5.41) is 9.67. The van der Waals surface area contributed by atoms with Gasteiger partial charge in [0, 0.05) is 4.47 Å². The van der Waals surface area contributed by atoms with Gasteiger partial charge in [0.15, 0.2) is 0 Å². The van der Waals surface area contributed by atoms with Crippen LogP contribution in [0.15, 0.2) is 16.6 Å². The van der Waals surface area contributed by atoms with Crippen molar-refractivity contribution in [1.82, 2.24) is 0 Å². The van der Waals surface area contributed by atoms with Gasteiger partial charge in [-0.1, -0.05) is 22.0 Å². The normalized spacial score (nSPS) is 21.1. The molecule has 0 unspecified atom stereocenters. The number of rotatable bonds is 0. The van der Waals surface area contributed by atoms with Crippen molar-refractivity contribution in [3.05, 3.63) is 33.3 Å². The van der Waals surface area contributed by atoms with Gasteiger partial charge in [0.2, 0.25) is 0 Å². The van der Waals surface area contributed by atoms with E-state index in [1.165, 1.54) is 11.1 Å². The quantitative estimate of drug-likeness (QED) is 0.722. The van der Waals surface area contributed by atoms with Gasteiger partial charge in [-0.25, -0.2) is 0 Å². The topological polar surface area (TPSA) is 20.2 Å². The molecule has 1 aliphatic carbocycles. The van der Waals surface area contributed by atoms with E-state index in [1.54, 1.807) is 0 Å². The lowest BCUT2D eigenvalue weighted by Crippen LogP contribution is -1.94. The molecule has 1 aromatic carbocycles. The Morgan fingerprint density at radius 1 is 1.50 bits per heavy atom. The number of benzene rings is 1. The summed E-state index contributed by atoms with van der Waals surface area (Å²) in [6.07, 6.45) is 1.63. The van der Waals surface area contributed by atoms with E-state index in [4.69, 9.17) is 0 Å². The molecule has 0 aromatic heterocycles. The Hall–Kier alpha value is -0.340. The SMILES string of the molecule is Cc1ccc(Br)c2c1[C@H](O)CC2. The maximum Gasteiger partial charge on any atom is 0.0798 e. The van der Waals surface area contributed by atoms with Gasteiger partial charge < -0.3 is 5.11 Å². The maximum absolute atomic E-state index is 9.67. The van der Waals surface area contributed by atoms with Crippen molar-refractivity contribution in [3.63, 3.8) is 0 Å². The number of aliphatic hydroxyl groups is 1. The minimum absolute atomic E-state index is 0.238. The summed E-state index contributed by atoms with van der Waals surface area (Å²) in [6, 6.07) is 4.11. The minimum Gasteiger partial charge on any atom is -0.388 e. The molecule has 0 saturated heterocycles. The highest BCUT2D eigenvalue weighted by molar-refractivity contribution is 9.10. The molecule has 0 amide bonds. The lowest BCUT2D eigenvalue weighted by molar-refractivity contribution is 0.179. The van der Waals surface area contributed by atoms with Crippen LogP contribution in [-0.2, 0) is 6.42 Å². The fraction of sp³-hybridized carbons (Fsp3) is 0.400. The maximum atomic E-state index is 9.67. The van der Waals surface area contributed by atoms with Gasteiger partial charge in [-0.05, 0) is 42.5 Å². The third-order valence-corrected chi connectivity index (χ3v) is 3.26. The second kappa shape index (κ2) is 2.86. The number of fused-ring (bicyclic) bond motifs is 1. The molecule has 1 atom stereocenters. The van der Waals surface area contributed by atoms with Gasteiger partial charge in [-0.3, -0.25) is 0 Å². The highest BCUT2D eigenvalue weighted by Gasteiger charge is 2.23. The zero-order valence-corrected chi connectivity index (χ0v) is 8.56. The molecular formula is C10H11BrO. The van der Waals surface area contributed by atoms with Crippen LogP contribution in [0.2, 0.25) is 0 Å². The Bertz CT molecular complexity index is 320. The molecule has 2 heteroatoms. The first-order chi connectivity index (χ1) is 5.70. The van der Waals surface area contributed by atoms with E-state index in [0.29, 0.717) is 0 Å². The minimum atomic E-state index is -0.238. The van der Waals surface area contributed by atoms with Crippen LogP contribution in [0.4, 0.5) is 0 Å². The van der Waals surface area contributed by atoms with Crippen LogP contribution < -0.4 is 0 Å². The van der Waals surface area contributed by atoms with E-state index in [-0.39, 0.29) is 6.10 Å². The van der Waals surface area contributed by atoms with Crippen LogP contribution >= 0.6 is 15.9 Å². The molecule has 1 N–H and O–H groups in total. The van der Waals surface area contributed by atoms with Crippen LogP contribution in [0.25, 0.3) is 0 Å². The molecule has 0 spiro atoms. The standard InChI is InChI=1S/C10H11BrO/c1-6-2-4-8(11)7-3-5-9(12)10(6)7/h2,4,9,12H,3,5H2,1H3/t9-/m1/s1. The second-order valence-corrected chi connectivity index (χ2v) is 4.17. The van der Waals surface area contributed by atoms with Crippen LogP contribution in [0, 0.1) is 6.92 Å². The van der Waals surface area contributed by atoms with Gasteiger partial charge in [0.05, 0.1) is 6.10 Å². The molecule has 1 aliphatic rings. The lowest BCUT2D eigenvalue weighted by atomic mass is 10.0. The number of hydrogen-bond donors (Lipinski definition) is 1. The fourth-order valence-electron chi connectivity index (χ4n) is 1.90. The summed E-state index contributed by atoms with van der Waals surface area (Å²) in [5.41, 5.74) is 3.64. The van der Waals surface area contributed by atoms with Crippen LogP contribution in [0.3, 0.4) is 0 Å². The van der Waals surface area contributed by atoms with Crippen molar-refractivity contribution in [2.45, 2.75) is 25.9 Å². The van der Waals surface area contributed by atoms with Crippen molar-refractivity contribution in [2.24, 2.45) is 0 Å². The molecule has 0 fully saturated rings. The van der Waals surface area contributed by atoms with Gasteiger partial charge in [0.1, 0.15) is 0 Å². The molecule has 0 aliphatic heterocycles. The number of hydrogen-bond acceptors (Lipinski definition) is 1. The predicted octanol–water partition coefficient (Wildman–Crippen LogP) is 2.74. The van der Waals surface area contributed by atoms with Crippen molar-refractivity contribution < 1.29 is 5.11 Å². The third kappa shape index (κ3) is 1.10. The van der Waals surface area contributed by atoms with Crippen LogP contribution in [0.1, 0.15) is 29.2 Å². The van der Waals surface area contributed by atoms with Gasteiger partial charge in [-0.2, -0.15) is 0 Å². The zero-order valence-electron chi connectivity index (χ0n) is 6.97. The summed E-state index contributed by atoms with van der Waals surface area (Å²) in [6.45, 7) is 2.06. The number of halogens is 1. The summed E-state index contributed by atoms with van der Waals surface area (Å²) >= 11 is 3.50. The molecule has 0 bridgehead atoms. The molecule has 1 aromatic rings. The van der Waals surface area contributed by atoms with E-state index in [1.807, 2.05) is 0 Å². The molecule has 2 rings (SSSR count). The molecule has 64 valence electrons. The van der Waals surface area contributed by atoms with Crippen molar-refractivity contribution in [1.29, 1.82) is 0 Å². The van der Waals surface area contributed by atoms with Gasteiger partial charge in [0.25, 0.3) is 0 Å². The molecule has 1 nitrogen and oxygen atoms in total. The fourth-order valence-corrected chi connectivity index (χ4v) is 2.44. The first-order valence-corrected chi connectivity index (χ1v) is 4.95. The largest absolute Gasteiger partial charge is 0.388 e. The predicted molar refractivity (Wildman–Crippen MR) is 52.2 cm³/mol. The van der Waals surface area contributed by atoms with E-state index in [9.17, 15) is 5.11 Å². The molecule has 0 radical (unpaired) electrons. The van der Waals surface area contributed by atoms with Crippen molar-refractivity contribution >= 4 is 15.9 Å². The number of aryl methyl sites for hydroxylation is 1. The smallest absolute Gasteiger partial charge is 0.0798 e. The highest BCUT2D eigenvalue weighted by atomic mass is 79.9. The van der Waals surface area contributed by atoms with E-state index in [2.05, 4.69) is 35.0 Å². The zero-order chi connectivity index (χ0) is 8.72. The van der Waals surface area contributed by atoms with Crippen molar-refractivity contribution in [3.8, 4) is 0 Å². The second-order valence-electron chi connectivity index (χ2n) is 3.31. The average Bonchev–Trinajstić information content (AvgIpc) is 2.42. The average molecular weight is 227 g/mol. The summed E-state index contributed by atoms with van der Waals surface area (Å²) in [7, 11) is 0. The summed E-state index contributed by atoms with van der Waals surface area (Å²) in [5.74, 6) is 0. The lowest BCUT2D eigenvalue weighted by Gasteiger charge is -2.08. The summed E-state index contributed by atoms with van der Waals surface area (Å²) < 4.78 is 1.14. The van der Waals surface area contributed by atoms with E-state index in [0.717, 1.165) is 22.9 Å². The first-order valence-electron chi connectivity index (χ1n) is 4.16. The van der Waals surface area contributed by atoms with Crippen molar-refractivity contribution in [2.75, 3.05) is 0 Å². The Morgan fingerprint density at radius 3 is 2.92 bits per heavy atom. The van der Waals surface area contributed by atoms with Crippen LogP contribution in [0.5, 0.6) is 0 Å². The monoisotopic (exact) mass is 226 g/mol. The Kier molecular flexibility index (Phi) is 1.97. The molecule has 12 heavy (non-hydrogen) atoms. The Balaban J connectivity index is 2.64. The Morgan fingerprint density at radius 2 is 2.25 bits per heavy atom. The summed E-state index contributed by atoms with van der Waals surface area (Å²) in [4.78, 5) is 0. The molecule has 0 heterocycles. The van der Waals surface area contributed by atoms with Crippen LogP contribution in [-0.4, -0.2) is 5.11 Å². The molecular weight excluding hydrogens is 216 g/mol. The Labute approximate surface area is 80.5 Å². The van der Waals surface area contributed by atoms with Gasteiger partial charge in [-0.15, -0.1) is 0 Å². The van der Waals surface area contributed by atoms with E-state index >= 15 is 0 Å². The highest BCUT2D eigenvalue weighted by Crippen LogP contribution is 2.37. The third-order valence-electron chi connectivity index (χ3n) is 2.52. The first kappa shape index (κ1) is 8.27. The number of aliphatic hydroxyl groups excluding tert-OH is 1.